The molecule has 0 spiro atoms. The highest BCUT2D eigenvalue weighted by atomic mass is 31.2. The van der Waals surface area contributed by atoms with E-state index >= 15 is 0 Å². The first-order valence-corrected chi connectivity index (χ1v) is 15.7. The number of hydrogen-bond acceptors (Lipinski definition) is 7. The number of nitrogens with zero attached hydrogens (tertiary/aromatic N) is 3. The van der Waals surface area contributed by atoms with Gasteiger partial charge in [0.05, 0.1) is 0 Å². The largest absolute Gasteiger partial charge is 0.449 e. The van der Waals surface area contributed by atoms with E-state index in [9.17, 15) is 9.47 Å². The van der Waals surface area contributed by atoms with Gasteiger partial charge in [-0.25, -0.2) is 4.99 Å². The van der Waals surface area contributed by atoms with Crippen molar-refractivity contribution >= 4 is 18.9 Å². The van der Waals surface area contributed by atoms with Gasteiger partial charge in [0, 0.05) is 29.6 Å². The fraction of sp³-hybridized carbons (Fsp3) is 0.643. The van der Waals surface area contributed by atoms with Crippen molar-refractivity contribution in [1.29, 1.82) is 0 Å². The molecule has 37 heavy (non-hydrogen) atoms. The van der Waals surface area contributed by atoms with Crippen molar-refractivity contribution in [2.75, 3.05) is 12.7 Å². The molecule has 1 aliphatic heterocycles. The van der Waals surface area contributed by atoms with Gasteiger partial charge in [0.2, 0.25) is 18.9 Å². The first kappa shape index (κ1) is 27.7. The van der Waals surface area contributed by atoms with Crippen LogP contribution in [0.1, 0.15) is 95.6 Å². The van der Waals surface area contributed by atoms with Crippen LogP contribution in [0.5, 0.6) is 0 Å². The SMILES string of the molecule is CCN=C1OC(C)(N)C(c2ccc([C@@H]3CCC[C@@H](CP(=O)(N=O)C4CCCC4)CC3)cc2)=N/C1=C(/C)N. The zero-order valence-corrected chi connectivity index (χ0v) is 23.4. The number of rotatable bonds is 7. The molecule has 0 aromatic heterocycles. The third-order valence-corrected chi connectivity index (χ3v) is 11.2. The topological polar surface area (TPSA) is 132 Å². The van der Waals surface area contributed by atoms with Crippen molar-refractivity contribution in [2.45, 2.75) is 95.9 Å². The minimum Gasteiger partial charge on any atom is -0.449 e. The molecule has 4 atom stereocenters. The standard InChI is InChI=1S/C28H42N5O3P/c1-4-31-27-25(19(2)29)32-26(28(3,30)36-27)23-16-14-22(15-17-23)21-9-7-8-20(12-13-21)18-37(35,33-34)24-10-5-6-11-24/h14-17,20-21,24H,4-13,18,29-30H2,1-3H3/b25-19-,31-27?/t20-,21-,28?,37?/m1/s1. The molecule has 1 heterocycles. The van der Waals surface area contributed by atoms with E-state index in [0.29, 0.717) is 47.5 Å². The number of allylic oxidation sites excluding steroid dienone is 1. The highest BCUT2D eigenvalue weighted by Crippen LogP contribution is 2.59. The highest BCUT2D eigenvalue weighted by molar-refractivity contribution is 7.63. The minimum atomic E-state index is -2.97. The molecule has 2 fully saturated rings. The molecule has 3 aliphatic rings. The average molecular weight is 528 g/mol. The minimum absolute atomic E-state index is 0.0271. The van der Waals surface area contributed by atoms with Crippen molar-refractivity contribution in [3.05, 3.63) is 51.7 Å². The molecule has 4 rings (SSSR count). The van der Waals surface area contributed by atoms with E-state index in [1.54, 1.807) is 13.8 Å². The number of nitrogens with two attached hydrogens (primary N) is 2. The Labute approximate surface area is 220 Å². The van der Waals surface area contributed by atoms with Crippen LogP contribution in [0, 0.1) is 10.8 Å². The predicted octanol–water partition coefficient (Wildman–Crippen LogP) is 6.44. The Balaban J connectivity index is 1.47. The molecular weight excluding hydrogens is 485 g/mol. The summed E-state index contributed by atoms with van der Waals surface area (Å²) in [5, 5.41) is 0. The molecule has 2 unspecified atom stereocenters. The van der Waals surface area contributed by atoms with Crippen LogP contribution in [0.15, 0.2) is 50.6 Å². The second kappa shape index (κ2) is 11.6. The number of benzene rings is 1. The number of hydrogen-bond donors (Lipinski definition) is 2. The number of ether oxygens (including phenoxy) is 1. The molecule has 2 aliphatic carbocycles. The molecule has 4 N–H and O–H groups in total. The Morgan fingerprint density at radius 2 is 1.81 bits per heavy atom. The highest BCUT2D eigenvalue weighted by Gasteiger charge is 2.39. The van der Waals surface area contributed by atoms with Crippen molar-refractivity contribution in [3.63, 3.8) is 0 Å². The van der Waals surface area contributed by atoms with E-state index in [0.717, 1.165) is 63.4 Å². The van der Waals surface area contributed by atoms with E-state index in [1.807, 2.05) is 6.92 Å². The fourth-order valence-corrected chi connectivity index (χ4v) is 8.94. The predicted molar refractivity (Wildman–Crippen MR) is 151 cm³/mol. The van der Waals surface area contributed by atoms with Crippen molar-refractivity contribution in [1.82, 2.24) is 0 Å². The fourth-order valence-electron chi connectivity index (χ4n) is 6.16. The maximum Gasteiger partial charge on any atom is 0.239 e. The van der Waals surface area contributed by atoms with Crippen LogP contribution in [-0.4, -0.2) is 35.7 Å². The van der Waals surface area contributed by atoms with Crippen LogP contribution in [0.25, 0.3) is 0 Å². The summed E-state index contributed by atoms with van der Waals surface area (Å²) in [6.45, 7) is 6.05. The van der Waals surface area contributed by atoms with Crippen LogP contribution in [-0.2, 0) is 9.30 Å². The first-order valence-electron chi connectivity index (χ1n) is 13.8. The Hall–Kier alpha value is -2.31. The Morgan fingerprint density at radius 1 is 1.11 bits per heavy atom. The summed E-state index contributed by atoms with van der Waals surface area (Å²) in [4.78, 5) is 24.0. The van der Waals surface area contributed by atoms with E-state index in [2.05, 4.69) is 34.2 Å². The van der Waals surface area contributed by atoms with Crippen LogP contribution >= 0.6 is 7.29 Å². The summed E-state index contributed by atoms with van der Waals surface area (Å²) in [6.07, 6.45) is 9.66. The van der Waals surface area contributed by atoms with Gasteiger partial charge in [-0.3, -0.25) is 15.3 Å². The molecule has 202 valence electrons. The number of aliphatic imine (C=N–C) groups is 2. The number of nitroso groups, excluding NO2 is 1. The van der Waals surface area contributed by atoms with Crippen LogP contribution in [0.4, 0.5) is 0 Å². The second-order valence-corrected chi connectivity index (χ2v) is 13.9. The molecular formula is C28H42N5O3P. The Morgan fingerprint density at radius 3 is 2.43 bits per heavy atom. The van der Waals surface area contributed by atoms with Gasteiger partial charge in [0.1, 0.15) is 11.4 Å². The molecule has 1 aromatic carbocycles. The van der Waals surface area contributed by atoms with Gasteiger partial charge in [-0.15, -0.1) is 4.91 Å². The third kappa shape index (κ3) is 6.23. The molecule has 8 nitrogen and oxygen atoms in total. The van der Waals surface area contributed by atoms with Crippen molar-refractivity contribution in [3.8, 4) is 0 Å². The molecule has 0 saturated heterocycles. The van der Waals surface area contributed by atoms with Gasteiger partial charge in [0.15, 0.2) is 0 Å². The van der Waals surface area contributed by atoms with Gasteiger partial charge in [0.25, 0.3) is 0 Å². The summed E-state index contributed by atoms with van der Waals surface area (Å²) in [6, 6.07) is 8.43. The molecule has 0 bridgehead atoms. The monoisotopic (exact) mass is 527 g/mol. The van der Waals surface area contributed by atoms with Crippen molar-refractivity contribution in [2.24, 2.45) is 32.3 Å². The second-order valence-electron chi connectivity index (χ2n) is 11.1. The lowest BCUT2D eigenvalue weighted by Crippen LogP contribution is -2.52. The third-order valence-electron chi connectivity index (χ3n) is 8.18. The van der Waals surface area contributed by atoms with Crippen LogP contribution in [0.2, 0.25) is 0 Å². The van der Waals surface area contributed by atoms with E-state index in [4.69, 9.17) is 21.2 Å². The molecule has 2 saturated carbocycles. The van der Waals surface area contributed by atoms with E-state index in [-0.39, 0.29) is 5.66 Å². The van der Waals surface area contributed by atoms with Gasteiger partial charge < -0.3 is 10.5 Å². The van der Waals surface area contributed by atoms with Gasteiger partial charge in [-0.1, -0.05) is 43.5 Å². The zero-order chi connectivity index (χ0) is 26.6. The van der Waals surface area contributed by atoms with Gasteiger partial charge >= 0.3 is 0 Å². The summed E-state index contributed by atoms with van der Waals surface area (Å²) in [5.41, 5.74) is 15.4. The van der Waals surface area contributed by atoms with E-state index in [1.165, 1.54) is 5.56 Å². The van der Waals surface area contributed by atoms with E-state index < -0.39 is 13.0 Å². The van der Waals surface area contributed by atoms with Gasteiger partial charge in [-0.2, -0.15) is 0 Å². The van der Waals surface area contributed by atoms with Gasteiger partial charge in [-0.05, 0) is 81.6 Å². The van der Waals surface area contributed by atoms with Crippen molar-refractivity contribution < 1.29 is 9.30 Å². The lowest BCUT2D eigenvalue weighted by Gasteiger charge is -2.33. The lowest BCUT2D eigenvalue weighted by molar-refractivity contribution is 0.150. The molecule has 9 heteroatoms. The molecule has 0 amide bonds. The molecule has 0 radical (unpaired) electrons. The normalized spacial score (nSPS) is 31.2. The average Bonchev–Trinajstić information content (AvgIpc) is 3.32. The summed E-state index contributed by atoms with van der Waals surface area (Å²) >= 11 is 0. The zero-order valence-electron chi connectivity index (χ0n) is 22.5. The lowest BCUT2D eigenvalue weighted by atomic mass is 9.89. The maximum absolute atomic E-state index is 13.3. The first-order chi connectivity index (χ1) is 17.7. The maximum atomic E-state index is 13.3. The summed E-state index contributed by atoms with van der Waals surface area (Å²) in [5.74, 6) is 1.14. The molecule has 1 aromatic rings. The van der Waals surface area contributed by atoms with Crippen LogP contribution in [0.3, 0.4) is 0 Å². The quantitative estimate of drug-likeness (QED) is 0.239. The smallest absolute Gasteiger partial charge is 0.239 e. The Bertz CT molecular complexity index is 1120. The summed E-state index contributed by atoms with van der Waals surface area (Å²) < 4.78 is 19.4. The van der Waals surface area contributed by atoms with Crippen LogP contribution < -0.4 is 11.5 Å². The Kier molecular flexibility index (Phi) is 8.70. The summed E-state index contributed by atoms with van der Waals surface area (Å²) in [7, 11) is -2.97.